The van der Waals surface area contributed by atoms with Gasteiger partial charge < -0.3 is 4.74 Å². The molecule has 1 heterocycles. The van der Waals surface area contributed by atoms with Gasteiger partial charge in [-0.3, -0.25) is 10.8 Å². The summed E-state index contributed by atoms with van der Waals surface area (Å²) in [5.41, 5.74) is 6.15. The van der Waals surface area contributed by atoms with Gasteiger partial charge in [0.15, 0.2) is 11.6 Å². The first kappa shape index (κ1) is 14.4. The lowest BCUT2D eigenvalue weighted by Crippen LogP contribution is -2.29. The van der Waals surface area contributed by atoms with Crippen LogP contribution < -0.4 is 16.0 Å². The Balaban J connectivity index is 2.44. The van der Waals surface area contributed by atoms with Gasteiger partial charge in [-0.05, 0) is 43.2 Å². The lowest BCUT2D eigenvalue weighted by Gasteiger charge is -2.19. The Bertz CT molecular complexity index is 616. The molecule has 1 atom stereocenters. The molecule has 3 N–H and O–H groups in total. The number of aryl methyl sites for hydroxylation is 2. The van der Waals surface area contributed by atoms with Crippen molar-refractivity contribution in [3.8, 4) is 5.75 Å². The number of aromatic nitrogens is 1. The summed E-state index contributed by atoms with van der Waals surface area (Å²) in [7, 11) is 1.44. The van der Waals surface area contributed by atoms with Crippen molar-refractivity contribution in [2.24, 2.45) is 5.84 Å². The lowest BCUT2D eigenvalue weighted by molar-refractivity contribution is 0.385. The van der Waals surface area contributed by atoms with Crippen LogP contribution in [0.4, 0.5) is 4.39 Å². The van der Waals surface area contributed by atoms with Crippen LogP contribution in [0.5, 0.6) is 5.75 Å². The average molecular weight is 275 g/mol. The molecule has 0 spiro atoms. The van der Waals surface area contributed by atoms with Crippen LogP contribution >= 0.6 is 0 Å². The minimum Gasteiger partial charge on any atom is -0.494 e. The van der Waals surface area contributed by atoms with E-state index in [2.05, 4.69) is 10.4 Å². The number of nitrogens with one attached hydrogen (secondary N) is 1. The van der Waals surface area contributed by atoms with Gasteiger partial charge in [-0.2, -0.15) is 0 Å². The van der Waals surface area contributed by atoms with Gasteiger partial charge in [0.05, 0.1) is 13.2 Å². The minimum atomic E-state index is -0.414. The maximum Gasteiger partial charge on any atom is 0.165 e. The molecule has 2 rings (SSSR count). The molecule has 0 fully saturated rings. The SMILES string of the molecule is COc1ccc(C(NN)c2ccc(C)nc2C)cc1F. The van der Waals surface area contributed by atoms with Crippen LogP contribution in [0.1, 0.15) is 28.6 Å². The van der Waals surface area contributed by atoms with Gasteiger partial charge in [0.2, 0.25) is 0 Å². The largest absolute Gasteiger partial charge is 0.494 e. The minimum absolute atomic E-state index is 0.211. The molecular weight excluding hydrogens is 257 g/mol. The summed E-state index contributed by atoms with van der Waals surface area (Å²) in [6.45, 7) is 3.83. The summed E-state index contributed by atoms with van der Waals surface area (Å²) < 4.78 is 18.7. The van der Waals surface area contributed by atoms with Crippen molar-refractivity contribution in [1.29, 1.82) is 0 Å². The van der Waals surface area contributed by atoms with Crippen LogP contribution in [0.15, 0.2) is 30.3 Å². The zero-order chi connectivity index (χ0) is 14.7. The van der Waals surface area contributed by atoms with E-state index < -0.39 is 5.82 Å². The van der Waals surface area contributed by atoms with Crippen LogP contribution in [0.25, 0.3) is 0 Å². The van der Waals surface area contributed by atoms with E-state index >= 15 is 0 Å². The van der Waals surface area contributed by atoms with Gasteiger partial charge in [0.1, 0.15) is 0 Å². The molecule has 5 heteroatoms. The number of benzene rings is 1. The molecular formula is C15H18FN3O. The molecule has 1 aromatic carbocycles. The number of pyridine rings is 1. The Morgan fingerprint density at radius 3 is 2.55 bits per heavy atom. The molecule has 106 valence electrons. The van der Waals surface area contributed by atoms with E-state index in [1.807, 2.05) is 26.0 Å². The maximum atomic E-state index is 13.8. The first-order chi connectivity index (χ1) is 9.56. The molecule has 0 aliphatic heterocycles. The van der Waals surface area contributed by atoms with Gasteiger partial charge in [-0.25, -0.2) is 9.82 Å². The molecule has 0 amide bonds. The summed E-state index contributed by atoms with van der Waals surface area (Å²) in [6, 6.07) is 8.33. The van der Waals surface area contributed by atoms with Crippen LogP contribution in [-0.4, -0.2) is 12.1 Å². The highest BCUT2D eigenvalue weighted by atomic mass is 19.1. The van der Waals surface area contributed by atoms with Crippen LogP contribution in [0, 0.1) is 19.7 Å². The fourth-order valence-electron chi connectivity index (χ4n) is 2.23. The first-order valence-electron chi connectivity index (χ1n) is 6.30. The summed E-state index contributed by atoms with van der Waals surface area (Å²) in [5.74, 6) is 5.43. The Labute approximate surface area is 117 Å². The summed E-state index contributed by atoms with van der Waals surface area (Å²) >= 11 is 0. The first-order valence-corrected chi connectivity index (χ1v) is 6.30. The van der Waals surface area contributed by atoms with Crippen LogP contribution in [0.2, 0.25) is 0 Å². The molecule has 2 aromatic rings. The second-order valence-corrected chi connectivity index (χ2v) is 4.62. The molecule has 20 heavy (non-hydrogen) atoms. The number of hydrogen-bond acceptors (Lipinski definition) is 4. The molecule has 1 unspecified atom stereocenters. The van der Waals surface area contributed by atoms with Crippen molar-refractivity contribution >= 4 is 0 Å². The van der Waals surface area contributed by atoms with E-state index in [1.54, 1.807) is 12.1 Å². The number of ether oxygens (including phenoxy) is 1. The van der Waals surface area contributed by atoms with Gasteiger partial charge in [0.25, 0.3) is 0 Å². The van der Waals surface area contributed by atoms with Crippen molar-refractivity contribution in [2.75, 3.05) is 7.11 Å². The van der Waals surface area contributed by atoms with Gasteiger partial charge in [-0.1, -0.05) is 12.1 Å². The van der Waals surface area contributed by atoms with Crippen molar-refractivity contribution in [1.82, 2.24) is 10.4 Å². The number of nitrogens with two attached hydrogens (primary N) is 1. The third kappa shape index (κ3) is 2.79. The fraction of sp³-hybridized carbons (Fsp3) is 0.267. The maximum absolute atomic E-state index is 13.8. The molecule has 0 aliphatic rings. The number of methoxy groups -OCH3 is 1. The number of nitrogens with zero attached hydrogens (tertiary/aromatic N) is 1. The van der Waals surface area contributed by atoms with Crippen molar-refractivity contribution < 1.29 is 9.13 Å². The summed E-state index contributed by atoms with van der Waals surface area (Å²) in [6.07, 6.45) is 0. The highest BCUT2D eigenvalue weighted by Gasteiger charge is 2.17. The Morgan fingerprint density at radius 1 is 1.25 bits per heavy atom. The predicted octanol–water partition coefficient (Wildman–Crippen LogP) is 2.40. The fourth-order valence-corrected chi connectivity index (χ4v) is 2.23. The van der Waals surface area contributed by atoms with E-state index in [0.29, 0.717) is 0 Å². The zero-order valence-electron chi connectivity index (χ0n) is 11.8. The highest BCUT2D eigenvalue weighted by molar-refractivity contribution is 5.38. The third-order valence-electron chi connectivity index (χ3n) is 3.25. The Morgan fingerprint density at radius 2 is 2.00 bits per heavy atom. The number of hydrogen-bond donors (Lipinski definition) is 2. The van der Waals surface area contributed by atoms with E-state index in [-0.39, 0.29) is 11.8 Å². The predicted molar refractivity (Wildman–Crippen MR) is 75.8 cm³/mol. The Hall–Kier alpha value is -1.98. The number of halogens is 1. The normalized spacial score (nSPS) is 12.2. The number of hydrazine groups is 1. The summed E-state index contributed by atoms with van der Waals surface area (Å²) in [5, 5.41) is 0. The quantitative estimate of drug-likeness (QED) is 0.664. The monoisotopic (exact) mass is 275 g/mol. The van der Waals surface area contributed by atoms with E-state index in [1.165, 1.54) is 13.2 Å². The molecule has 0 bridgehead atoms. The smallest absolute Gasteiger partial charge is 0.165 e. The number of rotatable bonds is 4. The van der Waals surface area contributed by atoms with Crippen molar-refractivity contribution in [3.63, 3.8) is 0 Å². The van der Waals surface area contributed by atoms with E-state index in [9.17, 15) is 4.39 Å². The highest BCUT2D eigenvalue weighted by Crippen LogP contribution is 2.27. The lowest BCUT2D eigenvalue weighted by atomic mass is 9.97. The van der Waals surface area contributed by atoms with Gasteiger partial charge >= 0.3 is 0 Å². The molecule has 0 saturated heterocycles. The van der Waals surface area contributed by atoms with E-state index in [0.717, 1.165) is 22.5 Å². The summed E-state index contributed by atoms with van der Waals surface area (Å²) in [4.78, 5) is 4.41. The van der Waals surface area contributed by atoms with Crippen molar-refractivity contribution in [3.05, 3.63) is 58.7 Å². The standard InChI is InChI=1S/C15H18FN3O/c1-9-4-6-12(10(2)18-9)15(19-17)11-5-7-14(20-3)13(16)8-11/h4-8,15,19H,17H2,1-3H3. The van der Waals surface area contributed by atoms with Crippen LogP contribution in [-0.2, 0) is 0 Å². The van der Waals surface area contributed by atoms with E-state index in [4.69, 9.17) is 10.6 Å². The second kappa shape index (κ2) is 5.98. The Kier molecular flexibility index (Phi) is 4.32. The molecule has 0 aliphatic carbocycles. The van der Waals surface area contributed by atoms with Gasteiger partial charge in [-0.15, -0.1) is 0 Å². The molecule has 0 radical (unpaired) electrons. The van der Waals surface area contributed by atoms with Gasteiger partial charge in [0, 0.05) is 11.4 Å². The average Bonchev–Trinajstić information content (AvgIpc) is 2.42. The van der Waals surface area contributed by atoms with Crippen LogP contribution in [0.3, 0.4) is 0 Å². The topological polar surface area (TPSA) is 60.2 Å². The zero-order valence-corrected chi connectivity index (χ0v) is 11.8. The second-order valence-electron chi connectivity index (χ2n) is 4.62. The molecule has 0 saturated carbocycles. The molecule has 4 nitrogen and oxygen atoms in total. The van der Waals surface area contributed by atoms with Crippen molar-refractivity contribution in [2.45, 2.75) is 19.9 Å². The third-order valence-corrected chi connectivity index (χ3v) is 3.25. The molecule has 1 aromatic heterocycles.